The van der Waals surface area contributed by atoms with Gasteiger partial charge in [0.15, 0.2) is 0 Å². The van der Waals surface area contributed by atoms with Gasteiger partial charge in [0.1, 0.15) is 0 Å². The predicted octanol–water partition coefficient (Wildman–Crippen LogP) is 4.68. The van der Waals surface area contributed by atoms with Crippen molar-refractivity contribution in [1.82, 2.24) is 0 Å². The maximum absolute atomic E-state index is 12.6. The second kappa shape index (κ2) is 5.29. The molecule has 6 heteroatoms. The summed E-state index contributed by atoms with van der Waals surface area (Å²) in [4.78, 5) is 2.07. The molecule has 0 bridgehead atoms. The van der Waals surface area contributed by atoms with Gasteiger partial charge < -0.3 is 4.90 Å². The predicted molar refractivity (Wildman–Crippen MR) is 70.2 cm³/mol. The number of hydrogen-bond donors (Lipinski definition) is 0. The fourth-order valence-corrected chi connectivity index (χ4v) is 2.68. The molecule has 0 saturated heterocycles. The van der Waals surface area contributed by atoms with Crippen molar-refractivity contribution in [3.63, 3.8) is 0 Å². The Balaban J connectivity index is 2.28. The van der Waals surface area contributed by atoms with Crippen molar-refractivity contribution < 1.29 is 13.2 Å². The number of halogens is 5. The highest BCUT2D eigenvalue weighted by molar-refractivity contribution is 9.10. The van der Waals surface area contributed by atoms with Crippen molar-refractivity contribution in [3.8, 4) is 0 Å². The standard InChI is InChI=1S/C12H12BrClF3N/c13-10-7-8(12(15,16)17)1-4-11(10)18(6-5-14)9-2-3-9/h1,4,7,9H,2-3,5-6H2. The first kappa shape index (κ1) is 14.0. The average Bonchev–Trinajstić information content (AvgIpc) is 3.09. The lowest BCUT2D eigenvalue weighted by Gasteiger charge is -2.25. The van der Waals surface area contributed by atoms with Gasteiger partial charge in [-0.25, -0.2) is 0 Å². The third kappa shape index (κ3) is 3.12. The maximum Gasteiger partial charge on any atom is 0.416 e. The summed E-state index contributed by atoms with van der Waals surface area (Å²) in [6, 6.07) is 4.16. The molecule has 0 amide bonds. The van der Waals surface area contributed by atoms with Gasteiger partial charge >= 0.3 is 6.18 Å². The van der Waals surface area contributed by atoms with E-state index in [0.717, 1.165) is 30.7 Å². The average molecular weight is 343 g/mol. The monoisotopic (exact) mass is 341 g/mol. The molecule has 0 heterocycles. The molecule has 0 aromatic heterocycles. The Hall–Kier alpha value is -0.420. The highest BCUT2D eigenvalue weighted by Crippen LogP contribution is 2.39. The smallest absolute Gasteiger partial charge is 0.366 e. The first-order chi connectivity index (χ1) is 8.43. The van der Waals surface area contributed by atoms with Gasteiger partial charge in [-0.2, -0.15) is 13.2 Å². The first-order valence-corrected chi connectivity index (χ1v) is 6.95. The van der Waals surface area contributed by atoms with Gasteiger partial charge in [-0.05, 0) is 47.0 Å². The van der Waals surface area contributed by atoms with E-state index in [4.69, 9.17) is 11.6 Å². The minimum absolute atomic E-state index is 0.414. The van der Waals surface area contributed by atoms with Crippen molar-refractivity contribution >= 4 is 33.2 Å². The second-order valence-electron chi connectivity index (χ2n) is 4.28. The zero-order valence-electron chi connectivity index (χ0n) is 9.47. The van der Waals surface area contributed by atoms with Gasteiger partial charge in [0.2, 0.25) is 0 Å². The van der Waals surface area contributed by atoms with E-state index in [9.17, 15) is 13.2 Å². The molecule has 1 aliphatic carbocycles. The van der Waals surface area contributed by atoms with E-state index in [2.05, 4.69) is 20.8 Å². The van der Waals surface area contributed by atoms with Crippen LogP contribution in [0, 0.1) is 0 Å². The topological polar surface area (TPSA) is 3.24 Å². The molecular weight excluding hydrogens is 330 g/mol. The zero-order valence-corrected chi connectivity index (χ0v) is 11.8. The maximum atomic E-state index is 12.6. The summed E-state index contributed by atoms with van der Waals surface area (Å²) in [6.45, 7) is 0.649. The number of hydrogen-bond acceptors (Lipinski definition) is 1. The third-order valence-electron chi connectivity index (χ3n) is 2.90. The Kier molecular flexibility index (Phi) is 4.11. The van der Waals surface area contributed by atoms with Gasteiger partial charge in [0.05, 0.1) is 11.3 Å². The molecule has 0 spiro atoms. The molecule has 1 aliphatic rings. The van der Waals surface area contributed by atoms with Gasteiger partial charge in [-0.15, -0.1) is 11.6 Å². The third-order valence-corrected chi connectivity index (χ3v) is 3.70. The number of rotatable bonds is 4. The van der Waals surface area contributed by atoms with Gasteiger partial charge in [-0.1, -0.05) is 0 Å². The largest absolute Gasteiger partial charge is 0.416 e. The van der Waals surface area contributed by atoms with E-state index < -0.39 is 11.7 Å². The molecule has 1 fully saturated rings. The van der Waals surface area contributed by atoms with Crippen LogP contribution in [0.15, 0.2) is 22.7 Å². The van der Waals surface area contributed by atoms with Crippen LogP contribution in [-0.4, -0.2) is 18.5 Å². The van der Waals surface area contributed by atoms with Crippen LogP contribution in [0.1, 0.15) is 18.4 Å². The Morgan fingerprint density at radius 2 is 2.00 bits per heavy atom. The van der Waals surface area contributed by atoms with E-state index in [1.54, 1.807) is 0 Å². The van der Waals surface area contributed by atoms with Gasteiger partial charge in [-0.3, -0.25) is 0 Å². The van der Waals surface area contributed by atoms with Crippen LogP contribution in [0.4, 0.5) is 18.9 Å². The molecule has 1 aromatic carbocycles. The van der Waals surface area contributed by atoms with Crippen molar-refractivity contribution in [2.24, 2.45) is 0 Å². The molecule has 2 rings (SSSR count). The molecule has 0 unspecified atom stereocenters. The van der Waals surface area contributed by atoms with Crippen LogP contribution in [0.2, 0.25) is 0 Å². The highest BCUT2D eigenvalue weighted by atomic mass is 79.9. The molecule has 100 valence electrons. The lowest BCUT2D eigenvalue weighted by molar-refractivity contribution is -0.137. The molecule has 0 atom stereocenters. The zero-order chi connectivity index (χ0) is 13.3. The van der Waals surface area contributed by atoms with E-state index in [1.165, 1.54) is 6.07 Å². The van der Waals surface area contributed by atoms with Crippen LogP contribution in [0.5, 0.6) is 0 Å². The molecule has 1 aromatic rings. The summed E-state index contributed by atoms with van der Waals surface area (Å²) in [6.07, 6.45) is -2.16. The quantitative estimate of drug-likeness (QED) is 0.718. The van der Waals surface area contributed by atoms with E-state index in [1.807, 2.05) is 0 Å². The Bertz CT molecular complexity index is 432. The Morgan fingerprint density at radius 3 is 2.44 bits per heavy atom. The highest BCUT2D eigenvalue weighted by Gasteiger charge is 2.33. The van der Waals surface area contributed by atoms with Crippen LogP contribution in [0.3, 0.4) is 0 Å². The van der Waals surface area contributed by atoms with Crippen LogP contribution >= 0.6 is 27.5 Å². The Labute approximate surface area is 117 Å². The first-order valence-electron chi connectivity index (χ1n) is 5.63. The Morgan fingerprint density at radius 1 is 1.33 bits per heavy atom. The molecule has 0 N–H and O–H groups in total. The van der Waals surface area contributed by atoms with Crippen molar-refractivity contribution in [2.75, 3.05) is 17.3 Å². The minimum Gasteiger partial charge on any atom is -0.366 e. The number of nitrogens with zero attached hydrogens (tertiary/aromatic N) is 1. The van der Waals surface area contributed by atoms with Crippen LogP contribution in [0.25, 0.3) is 0 Å². The summed E-state index contributed by atoms with van der Waals surface area (Å²) in [5, 5.41) is 0. The van der Waals surface area contributed by atoms with Crippen LogP contribution in [-0.2, 0) is 6.18 Å². The number of benzene rings is 1. The lowest BCUT2D eigenvalue weighted by atomic mass is 10.2. The van der Waals surface area contributed by atoms with E-state index in [-0.39, 0.29) is 0 Å². The summed E-state index contributed by atoms with van der Waals surface area (Å²) < 4.78 is 38.2. The molecule has 1 nitrogen and oxygen atoms in total. The van der Waals surface area contributed by atoms with Crippen LogP contribution < -0.4 is 4.90 Å². The summed E-state index contributed by atoms with van der Waals surface area (Å²) >= 11 is 8.96. The number of anilines is 1. The molecular formula is C12H12BrClF3N. The summed E-state index contributed by atoms with van der Waals surface area (Å²) in [5.41, 5.74) is 0.144. The minimum atomic E-state index is -4.31. The fraction of sp³-hybridized carbons (Fsp3) is 0.500. The SMILES string of the molecule is FC(F)(F)c1ccc(N(CCCl)C2CC2)c(Br)c1. The summed E-state index contributed by atoms with van der Waals surface area (Å²) in [7, 11) is 0. The summed E-state index contributed by atoms with van der Waals surface area (Å²) in [5.74, 6) is 0.462. The van der Waals surface area contributed by atoms with E-state index >= 15 is 0 Å². The van der Waals surface area contributed by atoms with Crippen molar-refractivity contribution in [3.05, 3.63) is 28.2 Å². The molecule has 18 heavy (non-hydrogen) atoms. The normalized spacial score (nSPS) is 15.8. The number of alkyl halides is 4. The van der Waals surface area contributed by atoms with Crippen molar-refractivity contribution in [2.45, 2.75) is 25.1 Å². The fourth-order valence-electron chi connectivity index (χ4n) is 1.89. The molecule has 1 saturated carbocycles. The molecule has 0 aliphatic heterocycles. The second-order valence-corrected chi connectivity index (χ2v) is 5.51. The van der Waals surface area contributed by atoms with E-state index in [0.29, 0.717) is 22.9 Å². The van der Waals surface area contributed by atoms with Gasteiger partial charge in [0.25, 0.3) is 0 Å². The lowest BCUT2D eigenvalue weighted by Crippen LogP contribution is -2.28. The van der Waals surface area contributed by atoms with Crippen molar-refractivity contribution in [1.29, 1.82) is 0 Å². The molecule has 0 radical (unpaired) electrons. The van der Waals surface area contributed by atoms with Gasteiger partial charge in [0, 0.05) is 22.9 Å².